The van der Waals surface area contributed by atoms with Crippen molar-refractivity contribution < 1.29 is 4.74 Å². The largest absolute Gasteiger partial charge is 0.380 e. The molecule has 0 aromatic heterocycles. The first-order chi connectivity index (χ1) is 7.67. The van der Waals surface area contributed by atoms with Crippen molar-refractivity contribution in [1.29, 1.82) is 0 Å². The molecule has 2 N–H and O–H groups in total. The summed E-state index contributed by atoms with van der Waals surface area (Å²) in [7, 11) is 1.72. The van der Waals surface area contributed by atoms with Gasteiger partial charge >= 0.3 is 0 Å². The van der Waals surface area contributed by atoms with Crippen molar-refractivity contribution in [1.82, 2.24) is 0 Å². The number of halogens is 1. The van der Waals surface area contributed by atoms with Crippen LogP contribution in [0.2, 0.25) is 5.02 Å². The van der Waals surface area contributed by atoms with Crippen LogP contribution in [0.3, 0.4) is 0 Å². The zero-order valence-corrected chi connectivity index (χ0v) is 10.7. The van der Waals surface area contributed by atoms with Crippen molar-refractivity contribution in [3.05, 3.63) is 34.9 Å². The lowest BCUT2D eigenvalue weighted by Gasteiger charge is -2.22. The SMILES string of the molecule is CCCC(OC)C(N)Cc1cccc(Cl)c1. The standard InChI is InChI=1S/C13H20ClNO/c1-3-5-13(16-2)12(15)9-10-6-4-7-11(14)8-10/h4,6-8,12-13H,3,5,9,15H2,1-2H3. The summed E-state index contributed by atoms with van der Waals surface area (Å²) in [6.07, 6.45) is 3.02. The molecule has 3 heteroatoms. The molecule has 0 amide bonds. The molecule has 0 fully saturated rings. The minimum atomic E-state index is 0.0309. The summed E-state index contributed by atoms with van der Waals surface area (Å²) in [5.41, 5.74) is 7.29. The highest BCUT2D eigenvalue weighted by atomic mass is 35.5. The summed E-state index contributed by atoms with van der Waals surface area (Å²) in [6, 6.07) is 7.86. The van der Waals surface area contributed by atoms with E-state index in [0.717, 1.165) is 29.8 Å². The Morgan fingerprint density at radius 2 is 2.19 bits per heavy atom. The average Bonchev–Trinajstić information content (AvgIpc) is 2.25. The summed E-state index contributed by atoms with van der Waals surface area (Å²) in [5.74, 6) is 0. The molecule has 16 heavy (non-hydrogen) atoms. The molecule has 1 aromatic rings. The molecule has 0 aliphatic carbocycles. The van der Waals surface area contributed by atoms with Gasteiger partial charge in [-0.05, 0) is 30.5 Å². The fraction of sp³-hybridized carbons (Fsp3) is 0.538. The van der Waals surface area contributed by atoms with Crippen LogP contribution in [0.1, 0.15) is 25.3 Å². The van der Waals surface area contributed by atoms with Crippen LogP contribution < -0.4 is 5.73 Å². The molecule has 2 atom stereocenters. The van der Waals surface area contributed by atoms with Gasteiger partial charge in [0.15, 0.2) is 0 Å². The van der Waals surface area contributed by atoms with E-state index in [2.05, 4.69) is 6.92 Å². The third-order valence-electron chi connectivity index (χ3n) is 2.71. The van der Waals surface area contributed by atoms with Gasteiger partial charge in [0.1, 0.15) is 0 Å². The molecular formula is C13H20ClNO. The predicted octanol–water partition coefficient (Wildman–Crippen LogP) is 3.02. The molecule has 2 unspecified atom stereocenters. The lowest BCUT2D eigenvalue weighted by Crippen LogP contribution is -2.37. The Labute approximate surface area is 103 Å². The van der Waals surface area contributed by atoms with Gasteiger partial charge in [-0.15, -0.1) is 0 Å². The van der Waals surface area contributed by atoms with Crippen LogP contribution in [0.5, 0.6) is 0 Å². The van der Waals surface area contributed by atoms with Crippen LogP contribution in [0.25, 0.3) is 0 Å². The van der Waals surface area contributed by atoms with E-state index in [-0.39, 0.29) is 12.1 Å². The number of ether oxygens (including phenoxy) is 1. The van der Waals surface area contributed by atoms with Gasteiger partial charge in [-0.3, -0.25) is 0 Å². The molecule has 2 nitrogen and oxygen atoms in total. The second-order valence-corrected chi connectivity index (χ2v) is 4.50. The zero-order valence-electron chi connectivity index (χ0n) is 9.95. The van der Waals surface area contributed by atoms with Gasteiger partial charge in [-0.2, -0.15) is 0 Å². The molecule has 0 spiro atoms. The number of hydrogen-bond donors (Lipinski definition) is 1. The third-order valence-corrected chi connectivity index (χ3v) is 2.95. The fourth-order valence-electron chi connectivity index (χ4n) is 1.86. The molecule has 0 aliphatic rings. The Kier molecular flexibility index (Phi) is 5.81. The van der Waals surface area contributed by atoms with Crippen molar-refractivity contribution in [2.24, 2.45) is 5.73 Å². The van der Waals surface area contributed by atoms with Gasteiger partial charge in [-0.1, -0.05) is 37.1 Å². The number of rotatable bonds is 6. The highest BCUT2D eigenvalue weighted by Crippen LogP contribution is 2.14. The molecule has 1 rings (SSSR count). The Hall–Kier alpha value is -0.570. The molecule has 0 aliphatic heterocycles. The first-order valence-corrected chi connectivity index (χ1v) is 6.08. The monoisotopic (exact) mass is 241 g/mol. The van der Waals surface area contributed by atoms with Crippen molar-refractivity contribution in [2.45, 2.75) is 38.3 Å². The summed E-state index contributed by atoms with van der Waals surface area (Å²) in [4.78, 5) is 0. The number of nitrogens with two attached hydrogens (primary N) is 1. The molecule has 0 saturated heterocycles. The maximum atomic E-state index is 6.13. The Balaban J connectivity index is 2.58. The fourth-order valence-corrected chi connectivity index (χ4v) is 2.07. The van der Waals surface area contributed by atoms with Gasteiger partial charge < -0.3 is 10.5 Å². The molecule has 0 radical (unpaired) electrons. The highest BCUT2D eigenvalue weighted by molar-refractivity contribution is 6.30. The summed E-state index contributed by atoms with van der Waals surface area (Å²) < 4.78 is 5.40. The number of benzene rings is 1. The molecule has 0 bridgehead atoms. The lowest BCUT2D eigenvalue weighted by molar-refractivity contribution is 0.0727. The van der Waals surface area contributed by atoms with E-state index in [1.54, 1.807) is 7.11 Å². The second-order valence-electron chi connectivity index (χ2n) is 4.06. The zero-order chi connectivity index (χ0) is 12.0. The molecule has 0 saturated carbocycles. The van der Waals surface area contributed by atoms with Gasteiger partial charge in [0.25, 0.3) is 0 Å². The van der Waals surface area contributed by atoms with Crippen molar-refractivity contribution >= 4 is 11.6 Å². The maximum Gasteiger partial charge on any atom is 0.0725 e. The van der Waals surface area contributed by atoms with E-state index in [4.69, 9.17) is 22.1 Å². The normalized spacial score (nSPS) is 14.8. The predicted molar refractivity (Wildman–Crippen MR) is 68.8 cm³/mol. The van der Waals surface area contributed by atoms with Crippen LogP contribution in [-0.2, 0) is 11.2 Å². The lowest BCUT2D eigenvalue weighted by atomic mass is 9.99. The van der Waals surface area contributed by atoms with Gasteiger partial charge in [0, 0.05) is 18.2 Å². The van der Waals surface area contributed by atoms with Gasteiger partial charge in [0.2, 0.25) is 0 Å². The quantitative estimate of drug-likeness (QED) is 0.831. The number of methoxy groups -OCH3 is 1. The van der Waals surface area contributed by atoms with Gasteiger partial charge in [-0.25, -0.2) is 0 Å². The highest BCUT2D eigenvalue weighted by Gasteiger charge is 2.16. The first kappa shape index (κ1) is 13.5. The molecule has 0 heterocycles. The first-order valence-electron chi connectivity index (χ1n) is 5.70. The molecular weight excluding hydrogens is 222 g/mol. The maximum absolute atomic E-state index is 6.13. The van der Waals surface area contributed by atoms with Crippen LogP contribution in [0.15, 0.2) is 24.3 Å². The van der Waals surface area contributed by atoms with Crippen molar-refractivity contribution in [3.8, 4) is 0 Å². The van der Waals surface area contributed by atoms with E-state index in [9.17, 15) is 0 Å². The summed E-state index contributed by atoms with van der Waals surface area (Å²) in [6.45, 7) is 2.14. The topological polar surface area (TPSA) is 35.2 Å². The van der Waals surface area contributed by atoms with Crippen molar-refractivity contribution in [3.63, 3.8) is 0 Å². The van der Waals surface area contributed by atoms with E-state index in [0.29, 0.717) is 0 Å². The molecule has 1 aromatic carbocycles. The minimum Gasteiger partial charge on any atom is -0.380 e. The van der Waals surface area contributed by atoms with Gasteiger partial charge in [0.05, 0.1) is 6.10 Å². The van der Waals surface area contributed by atoms with Crippen LogP contribution in [0.4, 0.5) is 0 Å². The Morgan fingerprint density at radius 1 is 1.44 bits per heavy atom. The third kappa shape index (κ3) is 4.12. The smallest absolute Gasteiger partial charge is 0.0725 e. The molecule has 90 valence electrons. The minimum absolute atomic E-state index is 0.0309. The average molecular weight is 242 g/mol. The van der Waals surface area contributed by atoms with E-state index < -0.39 is 0 Å². The van der Waals surface area contributed by atoms with Crippen LogP contribution in [0, 0.1) is 0 Å². The van der Waals surface area contributed by atoms with Crippen LogP contribution >= 0.6 is 11.6 Å². The van der Waals surface area contributed by atoms with E-state index in [1.165, 1.54) is 0 Å². The Bertz CT molecular complexity index is 317. The summed E-state index contributed by atoms with van der Waals surface area (Å²) in [5, 5.41) is 0.758. The summed E-state index contributed by atoms with van der Waals surface area (Å²) >= 11 is 5.93. The van der Waals surface area contributed by atoms with Crippen LogP contribution in [-0.4, -0.2) is 19.3 Å². The van der Waals surface area contributed by atoms with E-state index >= 15 is 0 Å². The second kappa shape index (κ2) is 6.89. The van der Waals surface area contributed by atoms with Crippen molar-refractivity contribution in [2.75, 3.05) is 7.11 Å². The van der Waals surface area contributed by atoms with E-state index in [1.807, 2.05) is 24.3 Å². The Morgan fingerprint density at radius 3 is 2.75 bits per heavy atom. The number of hydrogen-bond acceptors (Lipinski definition) is 2.